The van der Waals surface area contributed by atoms with Gasteiger partial charge in [-0.05, 0) is 32.0 Å². The second-order valence-corrected chi connectivity index (χ2v) is 5.72. The number of piperidine rings is 1. The van der Waals surface area contributed by atoms with Crippen LogP contribution in [0.25, 0.3) is 11.0 Å². The lowest BCUT2D eigenvalue weighted by atomic mass is 10.1. The molecule has 3 rings (SSSR count). The fourth-order valence-corrected chi connectivity index (χ4v) is 2.99. The van der Waals surface area contributed by atoms with Crippen molar-refractivity contribution in [2.24, 2.45) is 0 Å². The molecule has 0 spiro atoms. The van der Waals surface area contributed by atoms with Gasteiger partial charge in [-0.1, -0.05) is 18.2 Å². The standard InChI is InChI=1S/C17H22N2O2/c1-18-14-6-4-10-19(12-14)17(20)9-8-15-11-13-5-2-3-7-16(13)21-15/h2-3,5,7,11,14,18H,4,6,8-10,12H2,1H3. The lowest BCUT2D eigenvalue weighted by molar-refractivity contribution is -0.132. The summed E-state index contributed by atoms with van der Waals surface area (Å²) < 4.78 is 5.76. The predicted molar refractivity (Wildman–Crippen MR) is 83.2 cm³/mol. The Kier molecular flexibility index (Phi) is 4.25. The van der Waals surface area contributed by atoms with E-state index in [9.17, 15) is 4.79 Å². The Balaban J connectivity index is 1.57. The molecule has 1 fully saturated rings. The lowest BCUT2D eigenvalue weighted by Gasteiger charge is -2.32. The van der Waals surface area contributed by atoms with Crippen LogP contribution in [0.1, 0.15) is 25.0 Å². The molecule has 112 valence electrons. The van der Waals surface area contributed by atoms with Gasteiger partial charge in [0, 0.05) is 37.4 Å². The third-order valence-corrected chi connectivity index (χ3v) is 4.24. The molecule has 1 aliphatic rings. The number of likely N-dealkylation sites (N-methyl/N-ethyl adjacent to an activating group) is 1. The number of fused-ring (bicyclic) bond motifs is 1. The number of amides is 1. The number of nitrogens with one attached hydrogen (secondary N) is 1. The lowest BCUT2D eigenvalue weighted by Crippen LogP contribution is -2.47. The third-order valence-electron chi connectivity index (χ3n) is 4.24. The van der Waals surface area contributed by atoms with Crippen LogP contribution in [-0.4, -0.2) is 37.0 Å². The van der Waals surface area contributed by atoms with Gasteiger partial charge in [0.05, 0.1) is 0 Å². The summed E-state index contributed by atoms with van der Waals surface area (Å²) >= 11 is 0. The highest BCUT2D eigenvalue weighted by atomic mass is 16.3. The summed E-state index contributed by atoms with van der Waals surface area (Å²) in [6, 6.07) is 10.4. The predicted octanol–water partition coefficient (Wildman–Crippen LogP) is 2.58. The van der Waals surface area contributed by atoms with Gasteiger partial charge in [0.1, 0.15) is 11.3 Å². The summed E-state index contributed by atoms with van der Waals surface area (Å²) in [5.74, 6) is 1.13. The summed E-state index contributed by atoms with van der Waals surface area (Å²) in [4.78, 5) is 14.3. The van der Waals surface area contributed by atoms with E-state index in [1.54, 1.807) is 0 Å². The van der Waals surface area contributed by atoms with Gasteiger partial charge in [0.25, 0.3) is 0 Å². The highest BCUT2D eigenvalue weighted by molar-refractivity contribution is 5.79. The summed E-state index contributed by atoms with van der Waals surface area (Å²) in [6.07, 6.45) is 3.44. The maximum Gasteiger partial charge on any atom is 0.223 e. The van der Waals surface area contributed by atoms with Gasteiger partial charge in [-0.25, -0.2) is 0 Å². The molecule has 0 aliphatic carbocycles. The minimum atomic E-state index is 0.232. The van der Waals surface area contributed by atoms with E-state index in [-0.39, 0.29) is 5.91 Å². The number of hydrogen-bond donors (Lipinski definition) is 1. The van der Waals surface area contributed by atoms with Gasteiger partial charge in [0.2, 0.25) is 5.91 Å². The summed E-state index contributed by atoms with van der Waals surface area (Å²) in [5, 5.41) is 4.37. The molecular weight excluding hydrogens is 264 g/mol. The van der Waals surface area contributed by atoms with Crippen molar-refractivity contribution in [3.8, 4) is 0 Å². The molecule has 2 heterocycles. The van der Waals surface area contributed by atoms with Crippen molar-refractivity contribution in [3.05, 3.63) is 36.1 Å². The van der Waals surface area contributed by atoms with Crippen LogP contribution in [0.5, 0.6) is 0 Å². The van der Waals surface area contributed by atoms with Gasteiger partial charge < -0.3 is 14.6 Å². The van der Waals surface area contributed by atoms with Crippen molar-refractivity contribution < 1.29 is 9.21 Å². The van der Waals surface area contributed by atoms with Crippen molar-refractivity contribution in [1.29, 1.82) is 0 Å². The van der Waals surface area contributed by atoms with E-state index in [0.29, 0.717) is 18.9 Å². The highest BCUT2D eigenvalue weighted by Gasteiger charge is 2.22. The maximum atomic E-state index is 12.3. The molecule has 1 saturated heterocycles. The van der Waals surface area contributed by atoms with Crippen LogP contribution in [0.2, 0.25) is 0 Å². The first-order chi connectivity index (χ1) is 10.3. The fraction of sp³-hybridized carbons (Fsp3) is 0.471. The van der Waals surface area contributed by atoms with Crippen LogP contribution in [-0.2, 0) is 11.2 Å². The number of furan rings is 1. The Bertz CT molecular complexity index is 587. The SMILES string of the molecule is CNC1CCCN(C(=O)CCc2cc3ccccc3o2)C1. The Hall–Kier alpha value is -1.81. The topological polar surface area (TPSA) is 45.5 Å². The minimum Gasteiger partial charge on any atom is -0.461 e. The number of likely N-dealkylation sites (tertiary alicyclic amines) is 1. The van der Waals surface area contributed by atoms with Gasteiger partial charge in [-0.3, -0.25) is 4.79 Å². The van der Waals surface area contributed by atoms with Crippen LogP contribution in [0.15, 0.2) is 34.7 Å². The first-order valence-corrected chi connectivity index (χ1v) is 7.69. The average molecular weight is 286 g/mol. The number of carbonyl (C=O) groups excluding carboxylic acids is 1. The number of benzene rings is 1. The summed E-state index contributed by atoms with van der Waals surface area (Å²) in [6.45, 7) is 1.71. The van der Waals surface area contributed by atoms with Gasteiger partial charge >= 0.3 is 0 Å². The van der Waals surface area contributed by atoms with E-state index >= 15 is 0 Å². The summed E-state index contributed by atoms with van der Waals surface area (Å²) in [5.41, 5.74) is 0.896. The molecule has 1 N–H and O–H groups in total. The second-order valence-electron chi connectivity index (χ2n) is 5.72. The van der Waals surface area contributed by atoms with Crippen molar-refractivity contribution in [2.75, 3.05) is 20.1 Å². The average Bonchev–Trinajstić information content (AvgIpc) is 2.95. The van der Waals surface area contributed by atoms with Crippen LogP contribution in [0, 0.1) is 0 Å². The normalized spacial score (nSPS) is 19.1. The van der Waals surface area contributed by atoms with Crippen molar-refractivity contribution in [3.63, 3.8) is 0 Å². The third kappa shape index (κ3) is 3.27. The van der Waals surface area contributed by atoms with E-state index in [1.165, 1.54) is 0 Å². The Morgan fingerprint density at radius 3 is 3.10 bits per heavy atom. The smallest absolute Gasteiger partial charge is 0.223 e. The van der Waals surface area contributed by atoms with E-state index < -0.39 is 0 Å². The number of rotatable bonds is 4. The molecule has 1 unspecified atom stereocenters. The molecule has 21 heavy (non-hydrogen) atoms. The zero-order valence-corrected chi connectivity index (χ0v) is 12.5. The monoisotopic (exact) mass is 286 g/mol. The molecular formula is C17H22N2O2. The highest BCUT2D eigenvalue weighted by Crippen LogP contribution is 2.20. The fourth-order valence-electron chi connectivity index (χ4n) is 2.99. The molecule has 1 atom stereocenters. The molecule has 1 amide bonds. The van der Waals surface area contributed by atoms with E-state index in [1.807, 2.05) is 42.3 Å². The van der Waals surface area contributed by atoms with E-state index in [4.69, 9.17) is 4.42 Å². The number of hydrogen-bond acceptors (Lipinski definition) is 3. The molecule has 2 aromatic rings. The molecule has 0 saturated carbocycles. The van der Waals surface area contributed by atoms with Gasteiger partial charge in [-0.15, -0.1) is 0 Å². The Morgan fingerprint density at radius 2 is 2.29 bits per heavy atom. The number of nitrogens with zero attached hydrogens (tertiary/aromatic N) is 1. The van der Waals surface area contributed by atoms with Gasteiger partial charge in [0.15, 0.2) is 0 Å². The maximum absolute atomic E-state index is 12.3. The molecule has 4 heteroatoms. The van der Waals surface area contributed by atoms with Gasteiger partial charge in [-0.2, -0.15) is 0 Å². The van der Waals surface area contributed by atoms with E-state index in [0.717, 1.165) is 42.7 Å². The zero-order chi connectivity index (χ0) is 14.7. The van der Waals surface area contributed by atoms with Crippen LogP contribution in [0.4, 0.5) is 0 Å². The molecule has 1 aliphatic heterocycles. The van der Waals surface area contributed by atoms with Crippen molar-refractivity contribution >= 4 is 16.9 Å². The van der Waals surface area contributed by atoms with Crippen LogP contribution >= 0.6 is 0 Å². The first-order valence-electron chi connectivity index (χ1n) is 7.69. The molecule has 0 radical (unpaired) electrons. The number of carbonyl (C=O) groups is 1. The molecule has 0 bridgehead atoms. The molecule has 1 aromatic heterocycles. The Morgan fingerprint density at radius 1 is 1.43 bits per heavy atom. The zero-order valence-electron chi connectivity index (χ0n) is 12.5. The minimum absolute atomic E-state index is 0.232. The second kappa shape index (κ2) is 6.31. The van der Waals surface area contributed by atoms with Crippen molar-refractivity contribution in [1.82, 2.24) is 10.2 Å². The van der Waals surface area contributed by atoms with E-state index in [2.05, 4.69) is 5.32 Å². The first kappa shape index (κ1) is 14.1. The van der Waals surface area contributed by atoms with Crippen molar-refractivity contribution in [2.45, 2.75) is 31.7 Å². The number of para-hydroxylation sites is 1. The van der Waals surface area contributed by atoms with Crippen LogP contribution < -0.4 is 5.32 Å². The molecule has 1 aromatic carbocycles. The van der Waals surface area contributed by atoms with Crippen LogP contribution in [0.3, 0.4) is 0 Å². The summed E-state index contributed by atoms with van der Waals surface area (Å²) in [7, 11) is 1.97. The number of aryl methyl sites for hydroxylation is 1. The Labute approximate surface area is 125 Å². The largest absolute Gasteiger partial charge is 0.461 e. The molecule has 4 nitrogen and oxygen atoms in total. The quantitative estimate of drug-likeness (QED) is 0.939.